The first-order chi connectivity index (χ1) is 11.4. The topological polar surface area (TPSA) is 83.1 Å². The molecule has 1 heterocycles. The van der Waals surface area contributed by atoms with Gasteiger partial charge in [0.2, 0.25) is 5.91 Å². The highest BCUT2D eigenvalue weighted by Crippen LogP contribution is 2.15. The second kappa shape index (κ2) is 8.10. The van der Waals surface area contributed by atoms with Gasteiger partial charge in [0.15, 0.2) is 0 Å². The smallest absolute Gasteiger partial charge is 0.274 e. The summed E-state index contributed by atoms with van der Waals surface area (Å²) in [5.74, 6) is 0.119. The lowest BCUT2D eigenvalue weighted by Crippen LogP contribution is -2.14. The Labute approximate surface area is 141 Å². The van der Waals surface area contributed by atoms with Crippen LogP contribution in [0.1, 0.15) is 31.3 Å². The SMILES string of the molecule is CC(=O)Nc1ccc(NC(=O)c2ccc(NCC(C)C)cn2)cc1. The summed E-state index contributed by atoms with van der Waals surface area (Å²) in [4.78, 5) is 27.3. The van der Waals surface area contributed by atoms with Gasteiger partial charge >= 0.3 is 0 Å². The highest BCUT2D eigenvalue weighted by atomic mass is 16.2. The molecule has 0 fully saturated rings. The van der Waals surface area contributed by atoms with E-state index in [9.17, 15) is 9.59 Å². The number of hydrogen-bond acceptors (Lipinski definition) is 4. The van der Waals surface area contributed by atoms with Crippen molar-refractivity contribution in [2.45, 2.75) is 20.8 Å². The molecule has 2 amide bonds. The number of pyridine rings is 1. The van der Waals surface area contributed by atoms with Crippen molar-refractivity contribution >= 4 is 28.9 Å². The number of carbonyl (C=O) groups excluding carboxylic acids is 2. The quantitative estimate of drug-likeness (QED) is 0.760. The summed E-state index contributed by atoms with van der Waals surface area (Å²) in [6.07, 6.45) is 1.65. The van der Waals surface area contributed by atoms with Gasteiger partial charge in [0.1, 0.15) is 5.69 Å². The van der Waals surface area contributed by atoms with E-state index in [0.29, 0.717) is 23.0 Å². The number of nitrogens with one attached hydrogen (secondary N) is 3. The molecule has 1 aromatic heterocycles. The molecule has 0 saturated heterocycles. The van der Waals surface area contributed by atoms with Gasteiger partial charge in [-0.3, -0.25) is 9.59 Å². The minimum Gasteiger partial charge on any atom is -0.384 e. The Kier molecular flexibility index (Phi) is 5.89. The molecule has 0 unspecified atom stereocenters. The molecular formula is C18H22N4O2. The van der Waals surface area contributed by atoms with Gasteiger partial charge in [0.25, 0.3) is 5.91 Å². The number of hydrogen-bond donors (Lipinski definition) is 3. The molecule has 24 heavy (non-hydrogen) atoms. The largest absolute Gasteiger partial charge is 0.384 e. The lowest BCUT2D eigenvalue weighted by atomic mass is 10.2. The van der Waals surface area contributed by atoms with E-state index < -0.39 is 0 Å². The molecule has 3 N–H and O–H groups in total. The van der Waals surface area contributed by atoms with Gasteiger partial charge < -0.3 is 16.0 Å². The minimum atomic E-state index is -0.280. The number of nitrogens with zero attached hydrogens (tertiary/aromatic N) is 1. The number of aromatic nitrogens is 1. The first kappa shape index (κ1) is 17.5. The van der Waals surface area contributed by atoms with Crippen molar-refractivity contribution in [3.63, 3.8) is 0 Å². The van der Waals surface area contributed by atoms with Crippen LogP contribution in [-0.4, -0.2) is 23.3 Å². The highest BCUT2D eigenvalue weighted by Gasteiger charge is 2.08. The summed E-state index contributed by atoms with van der Waals surface area (Å²) in [6, 6.07) is 10.4. The molecule has 2 aromatic rings. The van der Waals surface area contributed by atoms with Crippen molar-refractivity contribution in [1.82, 2.24) is 4.98 Å². The van der Waals surface area contributed by atoms with Crippen LogP contribution in [0.2, 0.25) is 0 Å². The summed E-state index contributed by atoms with van der Waals surface area (Å²) in [6.45, 7) is 6.55. The van der Waals surface area contributed by atoms with E-state index in [4.69, 9.17) is 0 Å². The summed E-state index contributed by atoms with van der Waals surface area (Å²) in [5, 5.41) is 8.70. The third kappa shape index (κ3) is 5.39. The minimum absolute atomic E-state index is 0.137. The molecule has 1 aromatic carbocycles. The van der Waals surface area contributed by atoms with Gasteiger partial charge in [-0.25, -0.2) is 4.98 Å². The summed E-state index contributed by atoms with van der Waals surface area (Å²) >= 11 is 0. The number of amides is 2. The average Bonchev–Trinajstić information content (AvgIpc) is 2.54. The van der Waals surface area contributed by atoms with Gasteiger partial charge in [0, 0.05) is 24.8 Å². The maximum Gasteiger partial charge on any atom is 0.274 e. The Hall–Kier alpha value is -2.89. The van der Waals surface area contributed by atoms with E-state index in [2.05, 4.69) is 34.8 Å². The first-order valence-electron chi connectivity index (χ1n) is 7.83. The standard InChI is InChI=1S/C18H22N4O2/c1-12(2)10-19-16-8-9-17(20-11-16)18(24)22-15-6-4-14(5-7-15)21-13(3)23/h4-9,11-12,19H,10H2,1-3H3,(H,21,23)(H,22,24). The normalized spacial score (nSPS) is 10.3. The lowest BCUT2D eigenvalue weighted by Gasteiger charge is -2.09. The van der Waals surface area contributed by atoms with Crippen LogP contribution < -0.4 is 16.0 Å². The molecule has 0 bridgehead atoms. The van der Waals surface area contributed by atoms with Gasteiger partial charge in [-0.15, -0.1) is 0 Å². The van der Waals surface area contributed by atoms with Crippen molar-refractivity contribution in [3.05, 3.63) is 48.3 Å². The summed E-state index contributed by atoms with van der Waals surface area (Å²) < 4.78 is 0. The molecule has 0 aliphatic carbocycles. The molecule has 0 atom stereocenters. The van der Waals surface area contributed by atoms with E-state index in [1.54, 1.807) is 36.5 Å². The Balaban J connectivity index is 1.95. The number of carbonyl (C=O) groups is 2. The zero-order chi connectivity index (χ0) is 17.5. The first-order valence-corrected chi connectivity index (χ1v) is 7.83. The predicted octanol–water partition coefficient (Wildman–Crippen LogP) is 3.36. The predicted molar refractivity (Wildman–Crippen MR) is 96.3 cm³/mol. The highest BCUT2D eigenvalue weighted by molar-refractivity contribution is 6.03. The zero-order valence-corrected chi connectivity index (χ0v) is 14.1. The van der Waals surface area contributed by atoms with E-state index in [0.717, 1.165) is 12.2 Å². The van der Waals surface area contributed by atoms with Crippen LogP contribution in [0.4, 0.5) is 17.1 Å². The lowest BCUT2D eigenvalue weighted by molar-refractivity contribution is -0.114. The van der Waals surface area contributed by atoms with Crippen LogP contribution in [0.5, 0.6) is 0 Å². The average molecular weight is 326 g/mol. The third-order valence-corrected chi connectivity index (χ3v) is 3.17. The van der Waals surface area contributed by atoms with E-state index in [1.165, 1.54) is 6.92 Å². The molecule has 126 valence electrons. The second-order valence-electron chi connectivity index (χ2n) is 5.92. The van der Waals surface area contributed by atoms with Gasteiger partial charge in [-0.05, 0) is 42.3 Å². The molecule has 0 radical (unpaired) electrons. The molecule has 6 heteroatoms. The fourth-order valence-corrected chi connectivity index (χ4v) is 1.99. The molecular weight excluding hydrogens is 304 g/mol. The van der Waals surface area contributed by atoms with Gasteiger partial charge in [-0.2, -0.15) is 0 Å². The number of benzene rings is 1. The molecule has 6 nitrogen and oxygen atoms in total. The molecule has 0 spiro atoms. The number of anilines is 3. The van der Waals surface area contributed by atoms with E-state index in [-0.39, 0.29) is 11.8 Å². The van der Waals surface area contributed by atoms with Crippen LogP contribution in [0.3, 0.4) is 0 Å². The Bertz CT molecular complexity index is 694. The van der Waals surface area contributed by atoms with Crippen molar-refractivity contribution in [1.29, 1.82) is 0 Å². The van der Waals surface area contributed by atoms with Crippen molar-refractivity contribution < 1.29 is 9.59 Å². The van der Waals surface area contributed by atoms with Crippen LogP contribution in [0.25, 0.3) is 0 Å². The van der Waals surface area contributed by atoms with Crippen molar-refractivity contribution in [2.24, 2.45) is 5.92 Å². The summed E-state index contributed by atoms with van der Waals surface area (Å²) in [5.41, 5.74) is 2.55. The molecule has 2 rings (SSSR count). The second-order valence-corrected chi connectivity index (χ2v) is 5.92. The van der Waals surface area contributed by atoms with Gasteiger partial charge in [0.05, 0.1) is 11.9 Å². The fraction of sp³-hybridized carbons (Fsp3) is 0.278. The van der Waals surface area contributed by atoms with Crippen LogP contribution in [-0.2, 0) is 4.79 Å². The molecule has 0 aliphatic rings. The number of rotatable bonds is 6. The zero-order valence-electron chi connectivity index (χ0n) is 14.1. The van der Waals surface area contributed by atoms with Crippen molar-refractivity contribution in [3.8, 4) is 0 Å². The third-order valence-electron chi connectivity index (χ3n) is 3.17. The summed E-state index contributed by atoms with van der Waals surface area (Å²) in [7, 11) is 0. The Morgan fingerprint density at radius 2 is 1.54 bits per heavy atom. The maximum atomic E-state index is 12.2. The molecule has 0 aliphatic heterocycles. The monoisotopic (exact) mass is 326 g/mol. The Morgan fingerprint density at radius 1 is 0.958 bits per heavy atom. The van der Waals surface area contributed by atoms with Gasteiger partial charge in [-0.1, -0.05) is 13.8 Å². The van der Waals surface area contributed by atoms with Crippen LogP contribution in [0, 0.1) is 5.92 Å². The van der Waals surface area contributed by atoms with Crippen LogP contribution >= 0.6 is 0 Å². The Morgan fingerprint density at radius 3 is 2.04 bits per heavy atom. The van der Waals surface area contributed by atoms with Crippen molar-refractivity contribution in [2.75, 3.05) is 22.5 Å². The van der Waals surface area contributed by atoms with E-state index in [1.807, 2.05) is 6.07 Å². The molecule has 0 saturated carbocycles. The van der Waals surface area contributed by atoms with Crippen LogP contribution in [0.15, 0.2) is 42.6 Å². The van der Waals surface area contributed by atoms with E-state index >= 15 is 0 Å². The fourth-order valence-electron chi connectivity index (χ4n) is 1.99. The maximum absolute atomic E-state index is 12.2.